The summed E-state index contributed by atoms with van der Waals surface area (Å²) >= 11 is 0.545. The van der Waals surface area contributed by atoms with Gasteiger partial charge in [-0.3, -0.25) is 0 Å². The highest BCUT2D eigenvalue weighted by molar-refractivity contribution is 7.13. The van der Waals surface area contributed by atoms with Crippen LogP contribution in [0.15, 0.2) is 12.1 Å². The third-order valence-electron chi connectivity index (χ3n) is 1.86. The summed E-state index contributed by atoms with van der Waals surface area (Å²) in [5.74, 6) is -1.32. The summed E-state index contributed by atoms with van der Waals surface area (Å²) in [6.45, 7) is -0.971. The number of aromatic carboxylic acids is 1. The standard InChI is InChI=1S/C9H6F6O3S/c10-8(11,12)7(9(13,14)15)18-3-4-1-2-5(19-4)6(16)17/h1-2,7H,3H2,(H,16,17). The molecule has 0 bridgehead atoms. The van der Waals surface area contributed by atoms with Gasteiger partial charge in [0.2, 0.25) is 6.10 Å². The molecule has 0 unspecified atom stereocenters. The number of rotatable bonds is 4. The van der Waals surface area contributed by atoms with E-state index in [1.54, 1.807) is 0 Å². The first-order valence-electron chi connectivity index (χ1n) is 4.59. The minimum atomic E-state index is -5.58. The zero-order valence-corrected chi connectivity index (χ0v) is 9.70. The number of alkyl halides is 6. The molecule has 0 aliphatic carbocycles. The number of thiophene rings is 1. The fourth-order valence-electron chi connectivity index (χ4n) is 1.11. The second-order valence-electron chi connectivity index (χ2n) is 3.35. The normalized spacial score (nSPS) is 13.0. The number of hydrogen-bond acceptors (Lipinski definition) is 3. The van der Waals surface area contributed by atoms with Crippen molar-refractivity contribution < 1.29 is 41.0 Å². The molecule has 19 heavy (non-hydrogen) atoms. The van der Waals surface area contributed by atoms with Crippen LogP contribution in [0.1, 0.15) is 14.5 Å². The van der Waals surface area contributed by atoms with Crippen LogP contribution in [0, 0.1) is 0 Å². The number of carboxylic acids is 1. The van der Waals surface area contributed by atoms with Crippen LogP contribution in [0.5, 0.6) is 0 Å². The molecule has 0 atom stereocenters. The van der Waals surface area contributed by atoms with Crippen molar-refractivity contribution in [3.05, 3.63) is 21.9 Å². The number of hydrogen-bond donors (Lipinski definition) is 1. The molecule has 0 spiro atoms. The van der Waals surface area contributed by atoms with Crippen molar-refractivity contribution in [1.29, 1.82) is 0 Å². The molecule has 0 amide bonds. The predicted octanol–water partition coefficient (Wildman–Crippen LogP) is 3.46. The largest absolute Gasteiger partial charge is 0.477 e. The van der Waals surface area contributed by atoms with Crippen molar-refractivity contribution in [3.8, 4) is 0 Å². The highest BCUT2D eigenvalue weighted by atomic mass is 32.1. The molecule has 1 heterocycles. The molecule has 0 aliphatic rings. The van der Waals surface area contributed by atoms with Gasteiger partial charge in [0, 0.05) is 4.88 Å². The van der Waals surface area contributed by atoms with Crippen molar-refractivity contribution in [2.45, 2.75) is 25.1 Å². The number of ether oxygens (including phenoxy) is 1. The Hall–Kier alpha value is -1.29. The Morgan fingerprint density at radius 2 is 1.74 bits per heavy atom. The molecule has 0 aromatic carbocycles. The predicted molar refractivity (Wildman–Crippen MR) is 52.0 cm³/mol. The molecule has 0 saturated heterocycles. The molecule has 0 saturated carbocycles. The van der Waals surface area contributed by atoms with E-state index in [1.807, 2.05) is 0 Å². The van der Waals surface area contributed by atoms with Gasteiger partial charge in [0.05, 0.1) is 6.61 Å². The minimum absolute atomic E-state index is 0.0455. The van der Waals surface area contributed by atoms with Gasteiger partial charge in [-0.2, -0.15) is 26.3 Å². The average molecular weight is 308 g/mol. The fraction of sp³-hybridized carbons (Fsp3) is 0.444. The van der Waals surface area contributed by atoms with Crippen molar-refractivity contribution >= 4 is 17.3 Å². The summed E-state index contributed by atoms with van der Waals surface area (Å²) in [6.07, 6.45) is -15.0. The van der Waals surface area contributed by atoms with Gasteiger partial charge in [-0.05, 0) is 12.1 Å². The van der Waals surface area contributed by atoms with Gasteiger partial charge >= 0.3 is 18.3 Å². The first-order valence-corrected chi connectivity index (χ1v) is 5.40. The van der Waals surface area contributed by atoms with Gasteiger partial charge in [-0.1, -0.05) is 0 Å². The lowest BCUT2D eigenvalue weighted by Crippen LogP contribution is -2.44. The molecule has 108 valence electrons. The lowest BCUT2D eigenvalue weighted by atomic mass is 10.3. The van der Waals surface area contributed by atoms with Gasteiger partial charge < -0.3 is 9.84 Å². The van der Waals surface area contributed by atoms with Crippen molar-refractivity contribution in [2.24, 2.45) is 0 Å². The van der Waals surface area contributed by atoms with Gasteiger partial charge in [-0.15, -0.1) is 11.3 Å². The Kier molecular flexibility index (Phi) is 4.46. The second-order valence-corrected chi connectivity index (χ2v) is 4.51. The first kappa shape index (κ1) is 15.8. The second kappa shape index (κ2) is 5.37. The Labute approximate surface area is 106 Å². The van der Waals surface area contributed by atoms with Gasteiger partial charge in [-0.25, -0.2) is 4.79 Å². The van der Waals surface area contributed by atoms with Gasteiger partial charge in [0.1, 0.15) is 4.88 Å². The monoisotopic (exact) mass is 308 g/mol. The van der Waals surface area contributed by atoms with E-state index in [1.165, 1.54) is 0 Å². The van der Waals surface area contributed by atoms with Gasteiger partial charge in [0.15, 0.2) is 0 Å². The van der Waals surface area contributed by atoms with E-state index in [-0.39, 0.29) is 9.75 Å². The van der Waals surface area contributed by atoms with E-state index in [9.17, 15) is 31.1 Å². The highest BCUT2D eigenvalue weighted by Gasteiger charge is 2.57. The first-order chi connectivity index (χ1) is 8.51. The smallest absolute Gasteiger partial charge is 0.423 e. The lowest BCUT2D eigenvalue weighted by molar-refractivity contribution is -0.324. The maximum absolute atomic E-state index is 12.1. The van der Waals surface area contributed by atoms with Crippen LogP contribution in [0.2, 0.25) is 0 Å². The van der Waals surface area contributed by atoms with Crippen molar-refractivity contribution in [3.63, 3.8) is 0 Å². The SMILES string of the molecule is O=C(O)c1ccc(COC(C(F)(F)F)C(F)(F)F)s1. The van der Waals surface area contributed by atoms with Crippen LogP contribution in [-0.4, -0.2) is 29.5 Å². The minimum Gasteiger partial charge on any atom is -0.477 e. The highest BCUT2D eigenvalue weighted by Crippen LogP contribution is 2.36. The van der Waals surface area contributed by atoms with Crippen LogP contribution >= 0.6 is 11.3 Å². The summed E-state index contributed by atoms with van der Waals surface area (Å²) < 4.78 is 76.5. The van der Waals surface area contributed by atoms with Crippen LogP contribution < -0.4 is 0 Å². The molecule has 1 rings (SSSR count). The van der Waals surface area contributed by atoms with E-state index >= 15 is 0 Å². The van der Waals surface area contributed by atoms with Crippen LogP contribution in [-0.2, 0) is 11.3 Å². The van der Waals surface area contributed by atoms with E-state index < -0.39 is 31.0 Å². The maximum Gasteiger partial charge on any atom is 0.423 e. The molecule has 3 nitrogen and oxygen atoms in total. The average Bonchev–Trinajstić information content (AvgIpc) is 2.62. The third kappa shape index (κ3) is 4.39. The quantitative estimate of drug-likeness (QED) is 0.867. The summed E-state index contributed by atoms with van der Waals surface area (Å²) in [6, 6.07) is 2.17. The Morgan fingerprint density at radius 1 is 1.21 bits per heavy atom. The Bertz CT molecular complexity index is 436. The number of halogens is 6. The van der Waals surface area contributed by atoms with Crippen LogP contribution in [0.25, 0.3) is 0 Å². The molecule has 1 N–H and O–H groups in total. The lowest BCUT2D eigenvalue weighted by Gasteiger charge is -2.22. The van der Waals surface area contributed by atoms with Crippen LogP contribution in [0.3, 0.4) is 0 Å². The summed E-state index contributed by atoms with van der Waals surface area (Å²) in [5.41, 5.74) is 0. The zero-order chi connectivity index (χ0) is 14.8. The van der Waals surface area contributed by atoms with E-state index in [0.717, 1.165) is 12.1 Å². The van der Waals surface area contributed by atoms with E-state index in [0.29, 0.717) is 11.3 Å². The number of carboxylic acid groups (broad SMARTS) is 1. The fourth-order valence-corrected chi connectivity index (χ4v) is 1.88. The summed E-state index contributed by atoms with van der Waals surface area (Å²) in [7, 11) is 0. The molecular formula is C9H6F6O3S. The number of carbonyl (C=O) groups is 1. The molecule has 0 radical (unpaired) electrons. The summed E-state index contributed by atoms with van der Waals surface area (Å²) in [4.78, 5) is 10.2. The maximum atomic E-state index is 12.1. The molecule has 10 heteroatoms. The Morgan fingerprint density at radius 3 is 2.11 bits per heavy atom. The van der Waals surface area contributed by atoms with Gasteiger partial charge in [0.25, 0.3) is 0 Å². The third-order valence-corrected chi connectivity index (χ3v) is 2.91. The molecule has 1 aromatic heterocycles. The van der Waals surface area contributed by atoms with Crippen LogP contribution in [0.4, 0.5) is 26.3 Å². The van der Waals surface area contributed by atoms with Crippen molar-refractivity contribution in [2.75, 3.05) is 0 Å². The molecule has 1 aromatic rings. The zero-order valence-electron chi connectivity index (χ0n) is 8.88. The Balaban J connectivity index is 2.74. The molecule has 0 aliphatic heterocycles. The molecule has 0 fully saturated rings. The van der Waals surface area contributed by atoms with E-state index in [4.69, 9.17) is 5.11 Å². The van der Waals surface area contributed by atoms with Crippen molar-refractivity contribution in [1.82, 2.24) is 0 Å². The topological polar surface area (TPSA) is 46.5 Å². The molecular weight excluding hydrogens is 302 g/mol. The van der Waals surface area contributed by atoms with E-state index in [2.05, 4.69) is 4.74 Å². The summed E-state index contributed by atoms with van der Waals surface area (Å²) in [5, 5.41) is 8.54.